The number of hydrogen-bond acceptors (Lipinski definition) is 7. The molecule has 0 bridgehead atoms. The van der Waals surface area contributed by atoms with Gasteiger partial charge in [0.2, 0.25) is 11.8 Å². The van der Waals surface area contributed by atoms with Crippen LogP contribution >= 0.6 is 11.8 Å². The first kappa shape index (κ1) is 32.8. The summed E-state index contributed by atoms with van der Waals surface area (Å²) in [5, 5.41) is 8.92. The van der Waals surface area contributed by atoms with Crippen molar-refractivity contribution in [2.24, 2.45) is 5.73 Å². The number of nitrogens with two attached hydrogens (primary N) is 1. The summed E-state index contributed by atoms with van der Waals surface area (Å²) in [5.74, 6) is -1.48. The molecule has 0 radical (unpaired) electrons. The van der Waals surface area contributed by atoms with Crippen LogP contribution in [0.3, 0.4) is 0 Å². The molecule has 3 aromatic rings. The molecule has 232 valence electrons. The number of rotatable bonds is 11. The van der Waals surface area contributed by atoms with E-state index in [0.29, 0.717) is 16.8 Å². The molecule has 3 amide bonds. The molecular formula is C34H40N4O5S. The lowest BCUT2D eigenvalue weighted by Gasteiger charge is -2.31. The number of fused-ring (bicyclic) bond motifs is 1. The van der Waals surface area contributed by atoms with Crippen LogP contribution in [0.2, 0.25) is 0 Å². The molecule has 9 nitrogen and oxygen atoms in total. The maximum absolute atomic E-state index is 13.7. The molecule has 0 heterocycles. The van der Waals surface area contributed by atoms with Crippen LogP contribution in [0.5, 0.6) is 0 Å². The van der Waals surface area contributed by atoms with Crippen molar-refractivity contribution in [2.45, 2.75) is 62.4 Å². The van der Waals surface area contributed by atoms with E-state index < -0.39 is 28.7 Å². The Morgan fingerprint density at radius 2 is 1.61 bits per heavy atom. The summed E-state index contributed by atoms with van der Waals surface area (Å²) in [6, 6.07) is 19.6. The van der Waals surface area contributed by atoms with Crippen molar-refractivity contribution in [2.75, 3.05) is 18.7 Å². The van der Waals surface area contributed by atoms with Crippen LogP contribution < -0.4 is 21.7 Å². The van der Waals surface area contributed by atoms with E-state index >= 15 is 0 Å². The molecule has 0 aliphatic heterocycles. The Labute approximate surface area is 262 Å². The summed E-state index contributed by atoms with van der Waals surface area (Å²) in [7, 11) is 1.30. The monoisotopic (exact) mass is 616 g/mol. The molecule has 0 saturated carbocycles. The molecule has 0 aromatic heterocycles. The summed E-state index contributed by atoms with van der Waals surface area (Å²) >= 11 is 1.49. The van der Waals surface area contributed by atoms with Gasteiger partial charge in [0, 0.05) is 22.4 Å². The first-order valence-corrected chi connectivity index (χ1v) is 15.8. The van der Waals surface area contributed by atoms with Crippen molar-refractivity contribution >= 4 is 41.1 Å². The average Bonchev–Trinajstić information content (AvgIpc) is 3.04. The van der Waals surface area contributed by atoms with Gasteiger partial charge in [-0.2, -0.15) is 11.8 Å². The van der Waals surface area contributed by atoms with E-state index in [1.807, 2.05) is 50.4 Å². The topological polar surface area (TPSA) is 140 Å². The Morgan fingerprint density at radius 3 is 2.27 bits per heavy atom. The molecule has 44 heavy (non-hydrogen) atoms. The number of ether oxygens (including phenoxy) is 1. The lowest BCUT2D eigenvalue weighted by atomic mass is 9.87. The minimum Gasteiger partial charge on any atom is -0.465 e. The standard InChI is InChI=1S/C34H40N4O5S/c1-34(2,44-4)29(35)32(41)38-28(31(40)37-27-11-7-9-22-8-5-6-10-26(22)27)20-21-12-18-25(19-13-21)36-30(39)23-14-16-24(17-15-23)33(42)43-3/h5-6,8,10,12-19,27-29H,7,9,11,20,35H2,1-4H3,(H,36,39)(H,37,40)(H,38,41)/t27-,28+,29-/m1/s1. The van der Waals surface area contributed by atoms with Gasteiger partial charge in [-0.25, -0.2) is 4.79 Å². The van der Waals surface area contributed by atoms with E-state index in [1.165, 1.54) is 36.6 Å². The second kappa shape index (κ2) is 14.5. The molecule has 0 unspecified atom stereocenters. The molecule has 3 aromatic carbocycles. The van der Waals surface area contributed by atoms with Gasteiger partial charge in [0.15, 0.2) is 0 Å². The molecule has 0 spiro atoms. The third kappa shape index (κ3) is 8.06. The van der Waals surface area contributed by atoms with Crippen molar-refractivity contribution in [1.29, 1.82) is 0 Å². The van der Waals surface area contributed by atoms with E-state index in [0.717, 1.165) is 30.4 Å². The van der Waals surface area contributed by atoms with E-state index in [1.54, 1.807) is 24.3 Å². The SMILES string of the molecule is COC(=O)c1ccc(C(=O)Nc2ccc(C[C@H](NC(=O)[C@@H](N)C(C)(C)SC)C(=O)N[C@@H]3CCCc4ccccc43)cc2)cc1. The van der Waals surface area contributed by atoms with Crippen LogP contribution in [0, 0.1) is 0 Å². The second-order valence-corrected chi connectivity index (χ2v) is 12.9. The van der Waals surface area contributed by atoms with Crippen molar-refractivity contribution in [3.05, 3.63) is 101 Å². The lowest BCUT2D eigenvalue weighted by Crippen LogP contribution is -2.57. The van der Waals surface area contributed by atoms with Gasteiger partial charge in [-0.3, -0.25) is 14.4 Å². The molecular weight excluding hydrogens is 576 g/mol. The van der Waals surface area contributed by atoms with Crippen molar-refractivity contribution in [1.82, 2.24) is 10.6 Å². The summed E-state index contributed by atoms with van der Waals surface area (Å²) in [5.41, 5.74) is 10.7. The zero-order valence-corrected chi connectivity index (χ0v) is 26.3. The van der Waals surface area contributed by atoms with Gasteiger partial charge >= 0.3 is 5.97 Å². The number of amides is 3. The molecule has 1 aliphatic carbocycles. The third-order valence-electron chi connectivity index (χ3n) is 8.10. The van der Waals surface area contributed by atoms with Crippen molar-refractivity contribution in [3.8, 4) is 0 Å². The Balaban J connectivity index is 1.47. The highest BCUT2D eigenvalue weighted by Crippen LogP contribution is 2.30. The van der Waals surface area contributed by atoms with E-state index in [4.69, 9.17) is 10.5 Å². The lowest BCUT2D eigenvalue weighted by molar-refractivity contribution is -0.130. The highest BCUT2D eigenvalue weighted by molar-refractivity contribution is 8.00. The van der Waals surface area contributed by atoms with Gasteiger partial charge < -0.3 is 26.4 Å². The van der Waals surface area contributed by atoms with Gasteiger partial charge in [0.05, 0.1) is 24.8 Å². The molecule has 5 N–H and O–H groups in total. The van der Waals surface area contributed by atoms with Crippen LogP contribution in [0.4, 0.5) is 5.69 Å². The summed E-state index contributed by atoms with van der Waals surface area (Å²) in [6.07, 6.45) is 4.90. The Kier molecular flexibility index (Phi) is 10.8. The number of carbonyl (C=O) groups excluding carboxylic acids is 4. The van der Waals surface area contributed by atoms with Crippen LogP contribution in [-0.4, -0.2) is 53.9 Å². The van der Waals surface area contributed by atoms with Gasteiger partial charge in [-0.15, -0.1) is 0 Å². The number of methoxy groups -OCH3 is 1. The predicted octanol–water partition coefficient (Wildman–Crippen LogP) is 4.42. The fraction of sp³-hybridized carbons (Fsp3) is 0.353. The summed E-state index contributed by atoms with van der Waals surface area (Å²) in [6.45, 7) is 3.80. The normalized spacial score (nSPS) is 15.7. The first-order chi connectivity index (χ1) is 21.0. The quantitative estimate of drug-likeness (QED) is 0.234. The van der Waals surface area contributed by atoms with Crippen LogP contribution in [0.15, 0.2) is 72.8 Å². The van der Waals surface area contributed by atoms with Crippen molar-refractivity contribution in [3.63, 3.8) is 0 Å². The Morgan fingerprint density at radius 1 is 0.955 bits per heavy atom. The van der Waals surface area contributed by atoms with Crippen LogP contribution in [0.1, 0.15) is 70.1 Å². The number of thioether (sulfide) groups is 1. The van der Waals surface area contributed by atoms with Gasteiger partial charge in [-0.05, 0) is 92.5 Å². The highest BCUT2D eigenvalue weighted by atomic mass is 32.2. The highest BCUT2D eigenvalue weighted by Gasteiger charge is 2.34. The van der Waals surface area contributed by atoms with E-state index in [-0.39, 0.29) is 24.3 Å². The first-order valence-electron chi connectivity index (χ1n) is 14.6. The predicted molar refractivity (Wildman–Crippen MR) is 174 cm³/mol. The minimum atomic E-state index is -0.853. The fourth-order valence-electron chi connectivity index (χ4n) is 5.13. The maximum atomic E-state index is 13.7. The molecule has 3 atom stereocenters. The third-order valence-corrected chi connectivity index (χ3v) is 9.40. The Hall–Kier alpha value is -4.15. The van der Waals surface area contributed by atoms with Crippen molar-refractivity contribution < 1.29 is 23.9 Å². The summed E-state index contributed by atoms with van der Waals surface area (Å²) in [4.78, 5) is 51.3. The van der Waals surface area contributed by atoms with Crippen LogP contribution in [0.25, 0.3) is 0 Å². The number of nitrogens with one attached hydrogen (secondary N) is 3. The maximum Gasteiger partial charge on any atom is 0.337 e. The number of benzene rings is 3. The summed E-state index contributed by atoms with van der Waals surface area (Å²) < 4.78 is 4.17. The average molecular weight is 617 g/mol. The minimum absolute atomic E-state index is 0.137. The molecule has 0 fully saturated rings. The zero-order chi connectivity index (χ0) is 31.9. The van der Waals surface area contributed by atoms with Crippen LogP contribution in [-0.2, 0) is 27.2 Å². The number of hydrogen-bond donors (Lipinski definition) is 4. The number of anilines is 1. The van der Waals surface area contributed by atoms with Gasteiger partial charge in [0.1, 0.15) is 6.04 Å². The molecule has 1 aliphatic rings. The molecule has 10 heteroatoms. The van der Waals surface area contributed by atoms with E-state index in [2.05, 4.69) is 22.0 Å². The Bertz CT molecular complexity index is 1490. The van der Waals surface area contributed by atoms with E-state index in [9.17, 15) is 19.2 Å². The zero-order valence-electron chi connectivity index (χ0n) is 25.5. The smallest absolute Gasteiger partial charge is 0.337 e. The van der Waals surface area contributed by atoms with Gasteiger partial charge in [-0.1, -0.05) is 36.4 Å². The molecule has 4 rings (SSSR count). The fourth-order valence-corrected chi connectivity index (χ4v) is 5.49. The second-order valence-electron chi connectivity index (χ2n) is 11.4. The number of aryl methyl sites for hydroxylation is 1. The number of esters is 1. The molecule has 0 saturated heterocycles. The number of carbonyl (C=O) groups is 4. The van der Waals surface area contributed by atoms with Gasteiger partial charge in [0.25, 0.3) is 5.91 Å². The largest absolute Gasteiger partial charge is 0.465 e.